The molecule has 0 aromatic heterocycles. The monoisotopic (exact) mass is 416 g/mol. The van der Waals surface area contributed by atoms with Crippen LogP contribution in [0.1, 0.15) is 139 Å². The molecule has 3 aliphatic rings. The average molecular weight is 417 g/mol. The third-order valence-corrected chi connectivity index (χ3v) is 12.1. The molecule has 0 aromatic carbocycles. The molecule has 0 nitrogen and oxygen atoms in total. The van der Waals surface area contributed by atoms with Gasteiger partial charge in [0.15, 0.2) is 0 Å². The Hall–Kier alpha value is 0. The van der Waals surface area contributed by atoms with Gasteiger partial charge in [-0.3, -0.25) is 0 Å². The lowest BCUT2D eigenvalue weighted by Gasteiger charge is -2.66. The second-order valence-electron chi connectivity index (χ2n) is 13.9. The lowest BCUT2D eigenvalue weighted by atomic mass is 9.39. The molecule has 6 unspecified atom stereocenters. The Labute approximate surface area is 190 Å². The van der Waals surface area contributed by atoms with Crippen molar-refractivity contribution in [2.45, 2.75) is 139 Å². The molecule has 0 bridgehead atoms. The summed E-state index contributed by atoms with van der Waals surface area (Å²) in [6.07, 6.45) is 17.5. The third-order valence-electron chi connectivity index (χ3n) is 12.1. The molecule has 0 spiro atoms. The Balaban J connectivity index is 1.83. The van der Waals surface area contributed by atoms with Crippen molar-refractivity contribution < 1.29 is 0 Å². The lowest BCUT2D eigenvalue weighted by molar-refractivity contribution is -0.172. The van der Waals surface area contributed by atoms with Gasteiger partial charge in [0.05, 0.1) is 0 Å². The molecule has 3 rings (SSSR count). The Morgan fingerprint density at radius 3 is 1.90 bits per heavy atom. The summed E-state index contributed by atoms with van der Waals surface area (Å²) >= 11 is 0. The second-order valence-corrected chi connectivity index (χ2v) is 13.9. The molecular weight excluding hydrogens is 360 g/mol. The van der Waals surface area contributed by atoms with Crippen molar-refractivity contribution >= 4 is 0 Å². The van der Waals surface area contributed by atoms with Gasteiger partial charge in [-0.25, -0.2) is 0 Å². The van der Waals surface area contributed by atoms with E-state index in [0.29, 0.717) is 21.7 Å². The van der Waals surface area contributed by atoms with Crippen LogP contribution in [0.5, 0.6) is 0 Å². The first-order valence-corrected chi connectivity index (χ1v) is 13.9. The molecule has 0 N–H and O–H groups in total. The van der Waals surface area contributed by atoms with E-state index in [-0.39, 0.29) is 0 Å². The molecule has 0 aromatic rings. The van der Waals surface area contributed by atoms with Crippen LogP contribution in [-0.2, 0) is 0 Å². The van der Waals surface area contributed by atoms with Gasteiger partial charge in [0, 0.05) is 0 Å². The van der Waals surface area contributed by atoms with Gasteiger partial charge in [0.2, 0.25) is 0 Å². The Morgan fingerprint density at radius 1 is 0.733 bits per heavy atom. The number of hydrogen-bond donors (Lipinski definition) is 0. The summed E-state index contributed by atoms with van der Waals surface area (Å²) in [7, 11) is 0. The molecule has 3 fully saturated rings. The van der Waals surface area contributed by atoms with E-state index in [1.54, 1.807) is 0 Å². The number of rotatable bonds is 7. The summed E-state index contributed by atoms with van der Waals surface area (Å²) in [4.78, 5) is 0. The van der Waals surface area contributed by atoms with Crippen LogP contribution in [0, 0.1) is 51.2 Å². The van der Waals surface area contributed by atoms with Crippen LogP contribution in [0.3, 0.4) is 0 Å². The van der Waals surface area contributed by atoms with E-state index < -0.39 is 0 Å². The predicted octanol–water partition coefficient (Wildman–Crippen LogP) is 9.91. The van der Waals surface area contributed by atoms with Gasteiger partial charge < -0.3 is 0 Å². The van der Waals surface area contributed by atoms with Crippen LogP contribution in [-0.4, -0.2) is 0 Å². The van der Waals surface area contributed by atoms with Crippen molar-refractivity contribution in [3.05, 3.63) is 0 Å². The molecule has 0 saturated heterocycles. The zero-order valence-electron chi connectivity index (χ0n) is 22.4. The first-order valence-electron chi connectivity index (χ1n) is 13.9. The first-order chi connectivity index (χ1) is 13.9. The van der Waals surface area contributed by atoms with Crippen molar-refractivity contribution in [1.29, 1.82) is 0 Å². The van der Waals surface area contributed by atoms with Gasteiger partial charge in [0.25, 0.3) is 0 Å². The van der Waals surface area contributed by atoms with Crippen LogP contribution in [0.2, 0.25) is 0 Å². The van der Waals surface area contributed by atoms with Crippen molar-refractivity contribution in [2.75, 3.05) is 0 Å². The van der Waals surface area contributed by atoms with Crippen LogP contribution in [0.25, 0.3) is 0 Å². The van der Waals surface area contributed by atoms with Gasteiger partial charge in [-0.15, -0.1) is 0 Å². The van der Waals surface area contributed by atoms with Gasteiger partial charge in [-0.2, -0.15) is 0 Å². The van der Waals surface area contributed by atoms with Crippen LogP contribution in [0.15, 0.2) is 0 Å². The van der Waals surface area contributed by atoms with Gasteiger partial charge in [0.1, 0.15) is 0 Å². The van der Waals surface area contributed by atoms with Crippen molar-refractivity contribution in [3.63, 3.8) is 0 Å². The van der Waals surface area contributed by atoms with Crippen LogP contribution >= 0.6 is 0 Å². The Kier molecular flexibility index (Phi) is 7.18. The Morgan fingerprint density at radius 2 is 1.33 bits per heavy atom. The highest BCUT2D eigenvalue weighted by Crippen LogP contribution is 2.74. The van der Waals surface area contributed by atoms with Crippen molar-refractivity contribution in [1.82, 2.24) is 0 Å². The third kappa shape index (κ3) is 3.83. The normalized spacial score (nSPS) is 48.0. The average Bonchev–Trinajstić information content (AvgIpc) is 2.95. The molecule has 0 heteroatoms. The van der Waals surface area contributed by atoms with Crippen molar-refractivity contribution in [2.24, 2.45) is 51.2 Å². The van der Waals surface area contributed by atoms with E-state index in [4.69, 9.17) is 0 Å². The minimum Gasteiger partial charge on any atom is -0.0651 e. The van der Waals surface area contributed by atoms with E-state index >= 15 is 0 Å². The predicted molar refractivity (Wildman–Crippen MR) is 134 cm³/mol. The van der Waals surface area contributed by atoms with Gasteiger partial charge in [-0.1, -0.05) is 101 Å². The highest BCUT2D eigenvalue weighted by atomic mass is 14.7. The first kappa shape index (κ1) is 24.6. The van der Waals surface area contributed by atoms with Gasteiger partial charge in [-0.05, 0) is 89.8 Å². The smallest absolute Gasteiger partial charge is 0.0235 e. The molecule has 30 heavy (non-hydrogen) atoms. The molecule has 3 saturated carbocycles. The SMILES string of the molecule is CCC1C(C)(C2(C)CCC(C)CC2)CCC2(C)C(C(C)CCCC(C)C)CCC12C. The quantitative estimate of drug-likeness (QED) is 0.387. The fourth-order valence-electron chi connectivity index (χ4n) is 9.48. The van der Waals surface area contributed by atoms with Crippen molar-refractivity contribution in [3.8, 4) is 0 Å². The molecule has 3 aliphatic carbocycles. The van der Waals surface area contributed by atoms with E-state index in [2.05, 4.69) is 62.3 Å². The Bertz CT molecular complexity index is 567. The summed E-state index contributed by atoms with van der Waals surface area (Å²) in [5.41, 5.74) is 2.19. The number of fused-ring (bicyclic) bond motifs is 1. The largest absolute Gasteiger partial charge is 0.0651 e. The molecular formula is C30H56. The molecule has 0 heterocycles. The summed E-state index contributed by atoms with van der Waals surface area (Å²) in [5.74, 6) is 4.57. The maximum Gasteiger partial charge on any atom is -0.0235 e. The van der Waals surface area contributed by atoms with E-state index in [1.807, 2.05) is 0 Å². The number of hydrogen-bond acceptors (Lipinski definition) is 0. The van der Waals surface area contributed by atoms with Crippen LogP contribution < -0.4 is 0 Å². The zero-order chi connectivity index (χ0) is 22.4. The van der Waals surface area contributed by atoms with E-state index in [1.165, 1.54) is 77.0 Å². The molecule has 0 aliphatic heterocycles. The summed E-state index contributed by atoms with van der Waals surface area (Å²) in [6.45, 7) is 23.4. The minimum atomic E-state index is 0.534. The van der Waals surface area contributed by atoms with Crippen LogP contribution in [0.4, 0.5) is 0 Å². The molecule has 6 atom stereocenters. The highest BCUT2D eigenvalue weighted by Gasteiger charge is 2.66. The molecule has 176 valence electrons. The fourth-order valence-corrected chi connectivity index (χ4v) is 9.48. The second kappa shape index (κ2) is 8.74. The van der Waals surface area contributed by atoms with E-state index in [0.717, 1.165) is 29.6 Å². The van der Waals surface area contributed by atoms with E-state index in [9.17, 15) is 0 Å². The molecule has 0 amide bonds. The highest BCUT2D eigenvalue weighted by molar-refractivity contribution is 5.15. The maximum atomic E-state index is 2.76. The fraction of sp³-hybridized carbons (Fsp3) is 1.00. The zero-order valence-corrected chi connectivity index (χ0v) is 22.4. The lowest BCUT2D eigenvalue weighted by Crippen LogP contribution is -2.58. The summed E-state index contributed by atoms with van der Waals surface area (Å²) in [6, 6.07) is 0. The molecule has 0 radical (unpaired) electrons. The maximum absolute atomic E-state index is 2.76. The topological polar surface area (TPSA) is 0 Å². The standard InChI is InChI=1S/C30H56/c1-10-26-29(8,27(6)17-14-23(4)15-18-27)21-20-28(7)25(16-19-30(26,28)9)24(5)13-11-12-22(2)3/h22-26H,10-21H2,1-9H3. The summed E-state index contributed by atoms with van der Waals surface area (Å²) in [5, 5.41) is 0. The summed E-state index contributed by atoms with van der Waals surface area (Å²) < 4.78 is 0. The minimum absolute atomic E-state index is 0.534. The van der Waals surface area contributed by atoms with Gasteiger partial charge >= 0.3 is 0 Å².